The molecule has 6 nitrogen and oxygen atoms in total. The number of ether oxygens (including phenoxy) is 1. The summed E-state index contributed by atoms with van der Waals surface area (Å²) in [5, 5.41) is 15.3. The topological polar surface area (TPSA) is 77.4 Å². The average Bonchev–Trinajstić information content (AvgIpc) is 2.69. The van der Waals surface area contributed by atoms with Crippen molar-refractivity contribution in [2.75, 3.05) is 32.8 Å². The van der Waals surface area contributed by atoms with Crippen molar-refractivity contribution in [2.24, 2.45) is 0 Å². The molecule has 1 atom stereocenters. The lowest BCUT2D eigenvalue weighted by Crippen LogP contribution is -2.29. The standard InChI is InChI=1S/C22H34N4O2/c1-6-26(7-2)13-9-12-24-16-19(15-23)22(27)25-18(5)20-14-17(4)10-11-21(20)28-8-3/h10-11,14,16,18,24H,6-9,12-13H2,1-5H3,(H,25,27)/b19-16-. The van der Waals surface area contributed by atoms with Crippen LogP contribution < -0.4 is 15.4 Å². The van der Waals surface area contributed by atoms with Crippen LogP contribution in [0.3, 0.4) is 0 Å². The van der Waals surface area contributed by atoms with Crippen LogP contribution >= 0.6 is 0 Å². The largest absolute Gasteiger partial charge is 0.494 e. The molecule has 0 fully saturated rings. The summed E-state index contributed by atoms with van der Waals surface area (Å²) in [5.41, 5.74) is 2.06. The van der Waals surface area contributed by atoms with Crippen LogP contribution in [-0.4, -0.2) is 43.6 Å². The average molecular weight is 387 g/mol. The molecule has 2 N–H and O–H groups in total. The predicted octanol–water partition coefficient (Wildman–Crippen LogP) is 3.30. The molecule has 0 aliphatic carbocycles. The third-order valence-corrected chi connectivity index (χ3v) is 4.58. The highest BCUT2D eigenvalue weighted by Gasteiger charge is 2.17. The van der Waals surface area contributed by atoms with E-state index in [2.05, 4.69) is 29.4 Å². The van der Waals surface area contributed by atoms with E-state index in [1.807, 2.05) is 45.0 Å². The van der Waals surface area contributed by atoms with E-state index in [0.29, 0.717) is 6.61 Å². The number of nitrogens with one attached hydrogen (secondary N) is 2. The lowest BCUT2D eigenvalue weighted by molar-refractivity contribution is -0.117. The van der Waals surface area contributed by atoms with E-state index < -0.39 is 5.91 Å². The SMILES string of the molecule is CCOc1ccc(C)cc1C(C)NC(=O)/C(C#N)=C\NCCCN(CC)CC. The van der Waals surface area contributed by atoms with Crippen LogP contribution in [0.15, 0.2) is 30.0 Å². The first kappa shape index (κ1) is 23.5. The molecule has 1 rings (SSSR count). The number of nitrogens with zero attached hydrogens (tertiary/aromatic N) is 2. The van der Waals surface area contributed by atoms with Crippen molar-refractivity contribution in [1.29, 1.82) is 5.26 Å². The molecule has 0 heterocycles. The van der Waals surface area contributed by atoms with Crippen LogP contribution in [0.25, 0.3) is 0 Å². The minimum Gasteiger partial charge on any atom is -0.494 e. The number of aryl methyl sites for hydroxylation is 1. The van der Waals surface area contributed by atoms with E-state index in [4.69, 9.17) is 4.74 Å². The van der Waals surface area contributed by atoms with Crippen molar-refractivity contribution in [1.82, 2.24) is 15.5 Å². The van der Waals surface area contributed by atoms with Crippen LogP contribution in [0, 0.1) is 18.3 Å². The molecule has 1 unspecified atom stereocenters. The van der Waals surface area contributed by atoms with E-state index in [-0.39, 0.29) is 11.6 Å². The quantitative estimate of drug-likeness (QED) is 0.327. The molecule has 6 heteroatoms. The van der Waals surface area contributed by atoms with Gasteiger partial charge in [-0.15, -0.1) is 0 Å². The third-order valence-electron chi connectivity index (χ3n) is 4.58. The summed E-state index contributed by atoms with van der Waals surface area (Å²) in [5.74, 6) is 0.355. The minimum atomic E-state index is -0.393. The Labute approximate surface area is 169 Å². The van der Waals surface area contributed by atoms with Gasteiger partial charge >= 0.3 is 0 Å². The van der Waals surface area contributed by atoms with Crippen LogP contribution in [0.1, 0.15) is 51.3 Å². The molecule has 0 saturated heterocycles. The number of amides is 1. The summed E-state index contributed by atoms with van der Waals surface area (Å²) in [7, 11) is 0. The number of hydrogen-bond donors (Lipinski definition) is 2. The summed E-state index contributed by atoms with van der Waals surface area (Å²) in [6.07, 6.45) is 2.46. The molecule has 28 heavy (non-hydrogen) atoms. The van der Waals surface area contributed by atoms with Gasteiger partial charge in [0.25, 0.3) is 5.91 Å². The number of carbonyl (C=O) groups excluding carboxylic acids is 1. The summed E-state index contributed by atoms with van der Waals surface area (Å²) in [6, 6.07) is 7.59. The molecule has 0 radical (unpaired) electrons. The Morgan fingerprint density at radius 1 is 1.32 bits per heavy atom. The fourth-order valence-corrected chi connectivity index (χ4v) is 2.91. The fraction of sp³-hybridized carbons (Fsp3) is 0.545. The van der Waals surface area contributed by atoms with Gasteiger partial charge in [0.1, 0.15) is 17.4 Å². The van der Waals surface area contributed by atoms with Gasteiger partial charge in [-0.3, -0.25) is 4.79 Å². The van der Waals surface area contributed by atoms with Gasteiger partial charge in [-0.2, -0.15) is 5.26 Å². The monoisotopic (exact) mass is 386 g/mol. The lowest BCUT2D eigenvalue weighted by atomic mass is 10.0. The molecular formula is C22H34N4O2. The van der Waals surface area contributed by atoms with Crippen LogP contribution in [0.4, 0.5) is 0 Å². The van der Waals surface area contributed by atoms with Gasteiger partial charge in [-0.05, 0) is 52.9 Å². The number of benzene rings is 1. The van der Waals surface area contributed by atoms with Crippen molar-refractivity contribution in [3.05, 3.63) is 41.1 Å². The van der Waals surface area contributed by atoms with E-state index >= 15 is 0 Å². The van der Waals surface area contributed by atoms with Gasteiger partial charge in [0.2, 0.25) is 0 Å². The zero-order valence-corrected chi connectivity index (χ0v) is 17.8. The van der Waals surface area contributed by atoms with Crippen molar-refractivity contribution in [2.45, 2.75) is 47.1 Å². The lowest BCUT2D eigenvalue weighted by Gasteiger charge is -2.19. The highest BCUT2D eigenvalue weighted by atomic mass is 16.5. The number of hydrogen-bond acceptors (Lipinski definition) is 5. The number of carbonyl (C=O) groups is 1. The minimum absolute atomic E-state index is 0.0697. The Balaban J connectivity index is 2.66. The van der Waals surface area contributed by atoms with Gasteiger partial charge in [0, 0.05) is 18.3 Å². The molecule has 1 aromatic rings. The maximum atomic E-state index is 12.5. The molecule has 1 aromatic carbocycles. The van der Waals surface area contributed by atoms with E-state index in [1.54, 1.807) is 0 Å². The van der Waals surface area contributed by atoms with Gasteiger partial charge in [0.05, 0.1) is 12.6 Å². The number of nitriles is 1. The highest BCUT2D eigenvalue weighted by Crippen LogP contribution is 2.26. The second-order valence-electron chi connectivity index (χ2n) is 6.67. The maximum Gasteiger partial charge on any atom is 0.263 e. The van der Waals surface area contributed by atoms with Crippen LogP contribution in [-0.2, 0) is 4.79 Å². The normalized spacial score (nSPS) is 12.4. The van der Waals surface area contributed by atoms with Gasteiger partial charge in [0.15, 0.2) is 0 Å². The number of rotatable bonds is 12. The Morgan fingerprint density at radius 3 is 2.64 bits per heavy atom. The van der Waals surface area contributed by atoms with Gasteiger partial charge in [-0.1, -0.05) is 31.5 Å². The highest BCUT2D eigenvalue weighted by molar-refractivity contribution is 5.97. The summed E-state index contributed by atoms with van der Waals surface area (Å²) < 4.78 is 5.66. The summed E-state index contributed by atoms with van der Waals surface area (Å²) >= 11 is 0. The molecule has 0 aliphatic heterocycles. The predicted molar refractivity (Wildman–Crippen MR) is 113 cm³/mol. The molecular weight excluding hydrogens is 352 g/mol. The molecule has 154 valence electrons. The molecule has 0 bridgehead atoms. The van der Waals surface area contributed by atoms with Gasteiger partial charge in [-0.25, -0.2) is 0 Å². The molecule has 1 amide bonds. The van der Waals surface area contributed by atoms with E-state index in [1.165, 1.54) is 6.20 Å². The van der Waals surface area contributed by atoms with Crippen molar-refractivity contribution < 1.29 is 9.53 Å². The Morgan fingerprint density at radius 2 is 2.04 bits per heavy atom. The first-order valence-electron chi connectivity index (χ1n) is 10.1. The molecule has 0 spiro atoms. The zero-order valence-electron chi connectivity index (χ0n) is 17.8. The second kappa shape index (κ2) is 12.8. The van der Waals surface area contributed by atoms with Crippen molar-refractivity contribution in [3.8, 4) is 11.8 Å². The van der Waals surface area contributed by atoms with Crippen LogP contribution in [0.2, 0.25) is 0 Å². The Hall–Kier alpha value is -2.52. The second-order valence-corrected chi connectivity index (χ2v) is 6.67. The molecule has 0 aliphatic rings. The van der Waals surface area contributed by atoms with Crippen molar-refractivity contribution >= 4 is 5.91 Å². The van der Waals surface area contributed by atoms with Crippen molar-refractivity contribution in [3.63, 3.8) is 0 Å². The molecule has 0 saturated carbocycles. The fourth-order valence-electron chi connectivity index (χ4n) is 2.91. The van der Waals surface area contributed by atoms with Gasteiger partial charge < -0.3 is 20.3 Å². The van der Waals surface area contributed by atoms with Crippen LogP contribution in [0.5, 0.6) is 5.75 Å². The summed E-state index contributed by atoms with van der Waals surface area (Å²) in [4.78, 5) is 14.8. The third kappa shape index (κ3) is 7.61. The summed E-state index contributed by atoms with van der Waals surface area (Å²) in [6.45, 7) is 14.4. The smallest absolute Gasteiger partial charge is 0.263 e. The Kier molecular flexibility index (Phi) is 10.7. The first-order valence-corrected chi connectivity index (χ1v) is 10.1. The zero-order chi connectivity index (χ0) is 20.9. The van der Waals surface area contributed by atoms with E-state index in [0.717, 1.165) is 49.5 Å². The maximum absolute atomic E-state index is 12.5. The Bertz CT molecular complexity index is 690. The molecule has 0 aromatic heterocycles. The van der Waals surface area contributed by atoms with E-state index in [9.17, 15) is 10.1 Å². The first-order chi connectivity index (χ1) is 13.5.